The predicted molar refractivity (Wildman–Crippen MR) is 108 cm³/mol. The maximum absolute atomic E-state index is 11.1. The molecule has 1 aromatic rings. The van der Waals surface area contributed by atoms with Crippen molar-refractivity contribution in [3.05, 3.63) is 40.4 Å². The van der Waals surface area contributed by atoms with Crippen LogP contribution in [0.3, 0.4) is 0 Å². The summed E-state index contributed by atoms with van der Waals surface area (Å²) in [6.07, 6.45) is 12.1. The molecule has 1 rings (SSSR count). The Hall–Kier alpha value is 2.82. The second kappa shape index (κ2) is 23.9. The summed E-state index contributed by atoms with van der Waals surface area (Å²) in [5.74, 6) is 5.85. The monoisotopic (exact) mass is 530 g/mol. The van der Waals surface area contributed by atoms with Crippen LogP contribution >= 0.6 is 15.2 Å². The molecular formula is C21H28Na4O6P2. The molecule has 0 bridgehead atoms. The Labute approximate surface area is 287 Å². The Morgan fingerprint density at radius 3 is 1.73 bits per heavy atom. The smallest absolute Gasteiger partial charge is 0.807 e. The van der Waals surface area contributed by atoms with Crippen molar-refractivity contribution in [3.63, 3.8) is 0 Å². The second-order valence-corrected chi connectivity index (χ2v) is 10.3. The molecular weight excluding hydrogens is 502 g/mol. The molecule has 0 atom stereocenters. The van der Waals surface area contributed by atoms with Gasteiger partial charge in [-0.25, -0.2) is 0 Å². The van der Waals surface area contributed by atoms with Crippen LogP contribution in [-0.2, 0) is 9.13 Å². The number of rotatable bonds is 12. The van der Waals surface area contributed by atoms with Gasteiger partial charge in [-0.2, -0.15) is 0 Å². The summed E-state index contributed by atoms with van der Waals surface area (Å²) in [6, 6.07) is 6.18. The molecule has 0 saturated heterocycles. The van der Waals surface area contributed by atoms with E-state index >= 15 is 0 Å². The van der Waals surface area contributed by atoms with Gasteiger partial charge in [0, 0.05) is 12.0 Å². The van der Waals surface area contributed by atoms with E-state index < -0.39 is 20.2 Å². The number of hydrogen-bond acceptors (Lipinski definition) is 6. The van der Waals surface area contributed by atoms with Gasteiger partial charge in [0.2, 0.25) is 0 Å². The molecule has 162 valence electrons. The van der Waals surface area contributed by atoms with Gasteiger partial charge in [0.05, 0.1) is 0 Å². The summed E-state index contributed by atoms with van der Waals surface area (Å²) in [7, 11) is -11.4. The first kappa shape index (κ1) is 42.9. The van der Waals surface area contributed by atoms with Gasteiger partial charge in [0.25, 0.3) is 0 Å². The minimum atomic E-state index is -5.71. The van der Waals surface area contributed by atoms with E-state index in [0.29, 0.717) is 18.1 Å². The third kappa shape index (κ3) is 20.5. The van der Waals surface area contributed by atoms with E-state index in [1.165, 1.54) is 57.1 Å². The largest absolute Gasteiger partial charge is 1.00 e. The summed E-state index contributed by atoms with van der Waals surface area (Å²) in [6.45, 7) is 2.20. The van der Waals surface area contributed by atoms with E-state index in [2.05, 4.69) is 18.8 Å². The zero-order valence-corrected chi connectivity index (χ0v) is 30.6. The predicted octanol–water partition coefficient (Wildman–Crippen LogP) is -8.90. The molecule has 0 N–H and O–H groups in total. The summed E-state index contributed by atoms with van der Waals surface area (Å²) in [4.78, 5) is 44.6. The molecule has 0 radical (unpaired) electrons. The van der Waals surface area contributed by atoms with Gasteiger partial charge >= 0.3 is 118 Å². The van der Waals surface area contributed by atoms with Gasteiger partial charge in [-0.15, -0.1) is 0 Å². The average Bonchev–Trinajstić information content (AvgIpc) is 2.63. The molecule has 33 heavy (non-hydrogen) atoms. The molecule has 0 fully saturated rings. The zero-order valence-electron chi connectivity index (χ0n) is 20.8. The third-order valence-electron chi connectivity index (χ3n) is 4.43. The maximum Gasteiger partial charge on any atom is 1.00 e. The van der Waals surface area contributed by atoms with Crippen molar-refractivity contribution in [1.82, 2.24) is 0 Å². The minimum absolute atomic E-state index is 0. The van der Waals surface area contributed by atoms with Crippen LogP contribution in [0.5, 0.6) is 0 Å². The Kier molecular flexibility index (Phi) is 31.1. The van der Waals surface area contributed by atoms with Gasteiger partial charge in [0.1, 0.15) is 0 Å². The Bertz CT molecular complexity index is 804. The first-order valence-electron chi connectivity index (χ1n) is 10.0. The van der Waals surface area contributed by atoms with Gasteiger partial charge < -0.3 is 28.7 Å². The summed E-state index contributed by atoms with van der Waals surface area (Å²) in [5.41, 5.74) is 0.476. The number of hydrogen-bond donors (Lipinski definition) is 0. The van der Waals surface area contributed by atoms with Crippen LogP contribution in [0.4, 0.5) is 0 Å². The van der Waals surface area contributed by atoms with Crippen molar-refractivity contribution in [1.29, 1.82) is 0 Å². The van der Waals surface area contributed by atoms with Crippen molar-refractivity contribution in [2.45, 2.75) is 71.1 Å². The number of benzene rings is 1. The molecule has 0 amide bonds. The van der Waals surface area contributed by atoms with Crippen LogP contribution in [0.2, 0.25) is 0 Å². The fraction of sp³-hybridized carbons (Fsp3) is 0.524. The Morgan fingerprint density at radius 1 is 0.788 bits per heavy atom. The van der Waals surface area contributed by atoms with Crippen molar-refractivity contribution >= 4 is 21.3 Å². The Morgan fingerprint density at radius 2 is 1.24 bits per heavy atom. The third-order valence-corrected chi connectivity index (χ3v) is 7.29. The zero-order chi connectivity index (χ0) is 21.8. The first-order valence-corrected chi connectivity index (χ1v) is 13.1. The van der Waals surface area contributed by atoms with Gasteiger partial charge in [0.15, 0.2) is 0 Å². The van der Waals surface area contributed by atoms with Crippen LogP contribution in [0, 0.1) is 11.8 Å². The molecule has 0 aliphatic heterocycles. The van der Waals surface area contributed by atoms with Crippen LogP contribution < -0.4 is 138 Å². The van der Waals surface area contributed by atoms with E-state index in [1.54, 1.807) is 12.1 Å². The van der Waals surface area contributed by atoms with E-state index in [4.69, 9.17) is 0 Å². The molecule has 1 aromatic carbocycles. The molecule has 6 nitrogen and oxygen atoms in total. The molecule has 0 saturated carbocycles. The second-order valence-electron chi connectivity index (χ2n) is 6.96. The van der Waals surface area contributed by atoms with Crippen LogP contribution in [0.1, 0.15) is 82.3 Å². The fourth-order valence-electron chi connectivity index (χ4n) is 2.87. The molecule has 0 aliphatic rings. The van der Waals surface area contributed by atoms with Crippen LogP contribution in [0.25, 0.3) is 6.08 Å². The van der Waals surface area contributed by atoms with Gasteiger partial charge in [-0.1, -0.05) is 88.3 Å². The van der Waals surface area contributed by atoms with Crippen molar-refractivity contribution < 1.29 is 147 Å². The molecule has 12 heteroatoms. The SMILES string of the molecule is CCCCCCCCCCCC#Cc1ccccc1C=C(P(=O)([O-])[O-])P(=O)([O-])[O-].[Na+].[Na+].[Na+].[Na+]. The van der Waals surface area contributed by atoms with Gasteiger partial charge in [-0.05, 0) is 44.4 Å². The molecule has 0 aromatic heterocycles. The van der Waals surface area contributed by atoms with E-state index in [0.717, 1.165) is 12.8 Å². The summed E-state index contributed by atoms with van der Waals surface area (Å²) < 4.78 is 22.3. The minimum Gasteiger partial charge on any atom is -0.807 e. The Balaban J connectivity index is -0.00000105. The van der Waals surface area contributed by atoms with E-state index in [1.807, 2.05) is 0 Å². The van der Waals surface area contributed by atoms with E-state index in [9.17, 15) is 28.7 Å². The molecule has 0 spiro atoms. The quantitative estimate of drug-likeness (QED) is 0.114. The van der Waals surface area contributed by atoms with Crippen LogP contribution in [0.15, 0.2) is 29.3 Å². The maximum atomic E-state index is 11.1. The average molecular weight is 530 g/mol. The summed E-state index contributed by atoms with van der Waals surface area (Å²) in [5, 5.41) is -1.64. The van der Waals surface area contributed by atoms with Crippen LogP contribution in [-0.4, -0.2) is 0 Å². The fourth-order valence-corrected chi connectivity index (χ4v) is 4.66. The van der Waals surface area contributed by atoms with Crippen molar-refractivity contribution in [3.8, 4) is 11.8 Å². The molecule has 0 aliphatic carbocycles. The number of unbranched alkanes of at least 4 members (excludes halogenated alkanes) is 9. The standard InChI is InChI=1S/C21H32O6P2.4Na/c1-2-3-4-5-6-7-8-9-10-11-12-15-19-16-13-14-17-20(19)18-21(28(22,23)24)29(25,26)27;;;;/h13-14,16-18H,2-11H2,1H3,(H2,22,23,24)(H2,25,26,27);;;;/q;4*+1/p-4. The topological polar surface area (TPSA) is 126 Å². The molecule has 0 unspecified atom stereocenters. The summed E-state index contributed by atoms with van der Waals surface area (Å²) >= 11 is 0. The van der Waals surface area contributed by atoms with Gasteiger partial charge in [-0.3, -0.25) is 0 Å². The molecule has 0 heterocycles. The first-order chi connectivity index (χ1) is 13.7. The normalized spacial score (nSPS) is 10.2. The van der Waals surface area contributed by atoms with Crippen molar-refractivity contribution in [2.75, 3.05) is 0 Å². The van der Waals surface area contributed by atoms with E-state index in [-0.39, 0.29) is 124 Å². The van der Waals surface area contributed by atoms with Crippen molar-refractivity contribution in [2.24, 2.45) is 0 Å².